The Kier molecular flexibility index (Phi) is 4.12. The molecule has 100 valence electrons. The van der Waals surface area contributed by atoms with Gasteiger partial charge in [-0.25, -0.2) is 4.79 Å². The highest BCUT2D eigenvalue weighted by Gasteiger charge is 2.31. The molecule has 0 fully saturated rings. The number of carbonyl (C=O) groups excluding carboxylic acids is 1. The first kappa shape index (κ1) is 13.1. The quantitative estimate of drug-likeness (QED) is 0.812. The minimum Gasteiger partial charge on any atom is -0.477 e. The minimum absolute atomic E-state index is 0.00645. The van der Waals surface area contributed by atoms with Crippen LogP contribution in [0.3, 0.4) is 0 Å². The van der Waals surface area contributed by atoms with Gasteiger partial charge in [0.1, 0.15) is 0 Å². The molecule has 0 radical (unpaired) electrons. The van der Waals surface area contributed by atoms with E-state index in [1.807, 2.05) is 30.3 Å². The number of rotatable bonds is 5. The third kappa shape index (κ3) is 3.54. The average Bonchev–Trinajstić information content (AvgIpc) is 2.89. The van der Waals surface area contributed by atoms with Crippen molar-refractivity contribution in [3.8, 4) is 0 Å². The topological polar surface area (TPSA) is 88.0 Å². The van der Waals surface area contributed by atoms with Crippen LogP contribution in [0.25, 0.3) is 0 Å². The van der Waals surface area contributed by atoms with Gasteiger partial charge in [0, 0.05) is 13.0 Å². The highest BCUT2D eigenvalue weighted by atomic mass is 16.6. The van der Waals surface area contributed by atoms with Crippen LogP contribution in [0.15, 0.2) is 35.5 Å². The maximum atomic E-state index is 11.7. The van der Waals surface area contributed by atoms with Crippen LogP contribution in [-0.4, -0.2) is 35.3 Å². The van der Waals surface area contributed by atoms with Crippen LogP contribution in [0.1, 0.15) is 12.0 Å². The van der Waals surface area contributed by atoms with Crippen molar-refractivity contribution in [2.75, 3.05) is 6.54 Å². The van der Waals surface area contributed by atoms with Crippen LogP contribution in [0, 0.1) is 0 Å². The number of carboxylic acid groups (broad SMARTS) is 1. The number of amides is 1. The van der Waals surface area contributed by atoms with Gasteiger partial charge in [0.2, 0.25) is 6.10 Å². The minimum atomic E-state index is -1.15. The Morgan fingerprint density at radius 1 is 1.37 bits per heavy atom. The number of oxime groups is 1. The molecule has 0 saturated carbocycles. The summed E-state index contributed by atoms with van der Waals surface area (Å²) in [7, 11) is 0. The predicted octanol–water partition coefficient (Wildman–Crippen LogP) is 0.575. The molecule has 2 rings (SSSR count). The van der Waals surface area contributed by atoms with Gasteiger partial charge in [0.05, 0.1) is 0 Å². The van der Waals surface area contributed by atoms with Crippen molar-refractivity contribution in [3.05, 3.63) is 35.9 Å². The first-order chi connectivity index (χ1) is 9.16. The lowest BCUT2D eigenvalue weighted by Gasteiger charge is -2.09. The van der Waals surface area contributed by atoms with E-state index < -0.39 is 12.1 Å². The number of nitrogens with zero attached hydrogens (tertiary/aromatic N) is 1. The standard InChI is InChI=1S/C13H14N2O4/c16-12(11-8-10(13(17)18)15-19-11)14-7-6-9-4-2-1-3-5-9/h1-5,11H,6-8H2,(H,14,16)(H,17,18). The molecule has 2 N–H and O–H groups in total. The van der Waals surface area contributed by atoms with E-state index in [4.69, 9.17) is 9.94 Å². The van der Waals surface area contributed by atoms with E-state index in [1.54, 1.807) is 0 Å². The maximum absolute atomic E-state index is 11.7. The zero-order valence-electron chi connectivity index (χ0n) is 10.2. The summed E-state index contributed by atoms with van der Waals surface area (Å²) < 4.78 is 0. The molecule has 6 nitrogen and oxygen atoms in total. The molecular formula is C13H14N2O4. The summed E-state index contributed by atoms with van der Waals surface area (Å²) in [6.07, 6.45) is -0.111. The Hall–Kier alpha value is -2.37. The maximum Gasteiger partial charge on any atom is 0.353 e. The van der Waals surface area contributed by atoms with Crippen LogP contribution in [0.2, 0.25) is 0 Å². The molecule has 0 spiro atoms. The SMILES string of the molecule is O=C(O)C1=NOC(C(=O)NCCc2ccccc2)C1. The van der Waals surface area contributed by atoms with Crippen molar-refractivity contribution in [3.63, 3.8) is 0 Å². The fraction of sp³-hybridized carbons (Fsp3) is 0.308. The summed E-state index contributed by atoms with van der Waals surface area (Å²) in [6.45, 7) is 0.477. The largest absolute Gasteiger partial charge is 0.477 e. The van der Waals surface area contributed by atoms with Gasteiger partial charge in [-0.1, -0.05) is 35.5 Å². The molecule has 6 heteroatoms. The van der Waals surface area contributed by atoms with Gasteiger partial charge in [0.15, 0.2) is 5.71 Å². The third-order valence-electron chi connectivity index (χ3n) is 2.76. The molecule has 0 aromatic heterocycles. The van der Waals surface area contributed by atoms with Crippen molar-refractivity contribution in [1.29, 1.82) is 0 Å². The zero-order valence-corrected chi connectivity index (χ0v) is 10.2. The van der Waals surface area contributed by atoms with Crippen molar-refractivity contribution in [2.45, 2.75) is 18.9 Å². The Morgan fingerprint density at radius 2 is 2.11 bits per heavy atom. The van der Waals surface area contributed by atoms with E-state index in [0.717, 1.165) is 5.56 Å². The molecular weight excluding hydrogens is 248 g/mol. The van der Waals surface area contributed by atoms with Crippen LogP contribution in [0.4, 0.5) is 0 Å². The van der Waals surface area contributed by atoms with E-state index >= 15 is 0 Å². The van der Waals surface area contributed by atoms with Gasteiger partial charge in [-0.3, -0.25) is 4.79 Å². The number of benzene rings is 1. The number of hydrogen-bond donors (Lipinski definition) is 2. The average molecular weight is 262 g/mol. The van der Waals surface area contributed by atoms with Crippen LogP contribution < -0.4 is 5.32 Å². The summed E-state index contributed by atoms with van der Waals surface area (Å²) in [5.74, 6) is -1.49. The summed E-state index contributed by atoms with van der Waals surface area (Å²) in [4.78, 5) is 27.1. The highest BCUT2D eigenvalue weighted by Crippen LogP contribution is 2.10. The fourth-order valence-corrected chi connectivity index (χ4v) is 1.73. The first-order valence-corrected chi connectivity index (χ1v) is 5.94. The van der Waals surface area contributed by atoms with Crippen LogP contribution in [0.5, 0.6) is 0 Å². The van der Waals surface area contributed by atoms with Gasteiger partial charge in [-0.15, -0.1) is 0 Å². The van der Waals surface area contributed by atoms with Crippen LogP contribution in [-0.2, 0) is 20.8 Å². The van der Waals surface area contributed by atoms with E-state index in [2.05, 4.69) is 10.5 Å². The predicted molar refractivity (Wildman–Crippen MR) is 67.7 cm³/mol. The smallest absolute Gasteiger partial charge is 0.353 e. The fourth-order valence-electron chi connectivity index (χ4n) is 1.73. The second-order valence-corrected chi connectivity index (χ2v) is 4.17. The van der Waals surface area contributed by atoms with Crippen molar-refractivity contribution >= 4 is 17.6 Å². The molecule has 0 aliphatic carbocycles. The molecule has 0 saturated heterocycles. The Morgan fingerprint density at radius 3 is 2.74 bits per heavy atom. The second-order valence-electron chi connectivity index (χ2n) is 4.17. The van der Waals surface area contributed by atoms with Crippen molar-refractivity contribution in [1.82, 2.24) is 5.32 Å². The van der Waals surface area contributed by atoms with E-state index in [9.17, 15) is 9.59 Å². The third-order valence-corrected chi connectivity index (χ3v) is 2.76. The van der Waals surface area contributed by atoms with Gasteiger partial charge in [-0.05, 0) is 12.0 Å². The molecule has 1 heterocycles. The number of aliphatic carboxylic acids is 1. The molecule has 0 bridgehead atoms. The normalized spacial score (nSPS) is 17.5. The number of hydrogen-bond acceptors (Lipinski definition) is 4. The first-order valence-electron chi connectivity index (χ1n) is 5.94. The number of nitrogens with one attached hydrogen (secondary N) is 1. The zero-order chi connectivity index (χ0) is 13.7. The van der Waals surface area contributed by atoms with Gasteiger partial charge in [-0.2, -0.15) is 0 Å². The summed E-state index contributed by atoms with van der Waals surface area (Å²) in [5.41, 5.74) is 1.00. The lowest BCUT2D eigenvalue weighted by atomic mass is 10.1. The summed E-state index contributed by atoms with van der Waals surface area (Å²) >= 11 is 0. The lowest BCUT2D eigenvalue weighted by Crippen LogP contribution is -2.36. The number of carbonyl (C=O) groups is 2. The Balaban J connectivity index is 1.73. The molecule has 1 aliphatic rings. The van der Waals surface area contributed by atoms with Crippen LogP contribution >= 0.6 is 0 Å². The van der Waals surface area contributed by atoms with E-state index in [-0.39, 0.29) is 18.0 Å². The molecule has 1 aromatic rings. The molecule has 1 atom stereocenters. The molecule has 1 aliphatic heterocycles. The second kappa shape index (κ2) is 5.99. The molecule has 1 aromatic carbocycles. The van der Waals surface area contributed by atoms with E-state index in [0.29, 0.717) is 13.0 Å². The van der Waals surface area contributed by atoms with Gasteiger partial charge < -0.3 is 15.3 Å². The van der Waals surface area contributed by atoms with Gasteiger partial charge >= 0.3 is 5.97 Å². The van der Waals surface area contributed by atoms with Gasteiger partial charge in [0.25, 0.3) is 5.91 Å². The highest BCUT2D eigenvalue weighted by molar-refractivity contribution is 6.36. The monoisotopic (exact) mass is 262 g/mol. The Labute approximate surface area is 110 Å². The lowest BCUT2D eigenvalue weighted by molar-refractivity contribution is -0.131. The summed E-state index contributed by atoms with van der Waals surface area (Å²) in [6, 6.07) is 9.75. The Bertz CT molecular complexity index is 499. The molecule has 1 amide bonds. The molecule has 1 unspecified atom stereocenters. The summed E-state index contributed by atoms with van der Waals surface area (Å²) in [5, 5.41) is 14.8. The van der Waals surface area contributed by atoms with Crippen molar-refractivity contribution < 1.29 is 19.5 Å². The van der Waals surface area contributed by atoms with Crippen molar-refractivity contribution in [2.24, 2.45) is 5.16 Å². The number of carboxylic acids is 1. The van der Waals surface area contributed by atoms with E-state index in [1.165, 1.54) is 0 Å². The molecule has 19 heavy (non-hydrogen) atoms.